The van der Waals surface area contributed by atoms with Crippen LogP contribution in [0.1, 0.15) is 38.9 Å². The molecule has 16 heteroatoms. The number of anilines is 1. The van der Waals surface area contributed by atoms with Crippen LogP contribution in [0.25, 0.3) is 0 Å². The summed E-state index contributed by atoms with van der Waals surface area (Å²) in [6.45, 7) is 2.29. The monoisotopic (exact) mass is 552 g/mol. The molecule has 2 amide bonds. The molecule has 0 saturated carbocycles. The number of aliphatic carboxylic acids is 1. The molecule has 37 heavy (non-hydrogen) atoms. The van der Waals surface area contributed by atoms with Crippen molar-refractivity contribution in [2.45, 2.75) is 61.5 Å². The van der Waals surface area contributed by atoms with E-state index in [1.54, 1.807) is 0 Å². The van der Waals surface area contributed by atoms with Crippen LogP contribution in [0.3, 0.4) is 0 Å². The molecule has 4 N–H and O–H groups in total. The number of nitrogens with zero attached hydrogens (tertiary/aromatic N) is 4. The molecule has 2 fully saturated rings. The number of carboxylic acids is 1. The quantitative estimate of drug-likeness (QED) is 0.0902. The van der Waals surface area contributed by atoms with E-state index in [9.17, 15) is 29.1 Å². The molecule has 4 rings (SSSR count). The second kappa shape index (κ2) is 10.5. The number of aromatic nitrogens is 2. The van der Waals surface area contributed by atoms with Gasteiger partial charge in [0, 0.05) is 11.5 Å². The first-order valence-electron chi connectivity index (χ1n) is 11.2. The Labute approximate surface area is 218 Å². The summed E-state index contributed by atoms with van der Waals surface area (Å²) in [5.41, 5.74) is 3.34. The summed E-state index contributed by atoms with van der Waals surface area (Å²) in [5.74, 6) is -4.32. The number of amides is 2. The van der Waals surface area contributed by atoms with Crippen LogP contribution >= 0.6 is 23.3 Å². The normalized spacial score (nSPS) is 28.8. The van der Waals surface area contributed by atoms with Gasteiger partial charge in [0.05, 0.1) is 11.8 Å². The number of carbonyl (C=O) groups excluding carboxylic acids is 4. The van der Waals surface area contributed by atoms with Gasteiger partial charge in [0.25, 0.3) is 5.91 Å². The highest BCUT2D eigenvalue weighted by molar-refractivity contribution is 8.00. The standard InChI is InChI=1S/C21H24N6O8S2/c1-9(28)7-12(29)34-21(19(32)33)8-27-17(31)14(18(27)36-10(21)2)23-16(30)13(15-24-20(22)37-26-15)25-35-11-5-3-4-6-11/h3,5,10-11,14,18H,4,6-8H2,1-2H3,(H,23,30)(H,32,33)(H2,22,24,26)/t10?,11?,14?,18-,21?/m1/s1. The number of rotatable bonds is 9. The lowest BCUT2D eigenvalue weighted by atomic mass is 9.94. The minimum atomic E-state index is -2.05. The maximum absolute atomic E-state index is 13.1. The van der Waals surface area contributed by atoms with Crippen LogP contribution in [-0.4, -0.2) is 89.5 Å². The molecule has 14 nitrogen and oxygen atoms in total. The zero-order valence-electron chi connectivity index (χ0n) is 19.8. The molecule has 0 radical (unpaired) electrons. The van der Waals surface area contributed by atoms with Gasteiger partial charge in [0.15, 0.2) is 5.13 Å². The summed E-state index contributed by atoms with van der Waals surface area (Å²) in [5, 5.41) is 15.1. The molecular weight excluding hydrogens is 528 g/mol. The van der Waals surface area contributed by atoms with E-state index in [2.05, 4.69) is 19.8 Å². The second-order valence-electron chi connectivity index (χ2n) is 8.68. The topological polar surface area (TPSA) is 203 Å². The number of nitrogens with one attached hydrogen (secondary N) is 1. The molecule has 3 aliphatic rings. The van der Waals surface area contributed by atoms with Gasteiger partial charge in [-0.3, -0.25) is 19.2 Å². The minimum Gasteiger partial charge on any atom is -0.478 e. The fraction of sp³-hybridized carbons (Fsp3) is 0.524. The van der Waals surface area contributed by atoms with Crippen LogP contribution in [0.5, 0.6) is 0 Å². The number of thioether (sulfide) groups is 1. The first-order valence-corrected chi connectivity index (χ1v) is 12.9. The Bertz CT molecular complexity index is 1200. The molecule has 2 aliphatic heterocycles. The van der Waals surface area contributed by atoms with Gasteiger partial charge in [-0.2, -0.15) is 9.36 Å². The summed E-state index contributed by atoms with van der Waals surface area (Å²) >= 11 is 1.92. The summed E-state index contributed by atoms with van der Waals surface area (Å²) < 4.78 is 9.24. The van der Waals surface area contributed by atoms with Crippen molar-refractivity contribution in [3.63, 3.8) is 0 Å². The third-order valence-corrected chi connectivity index (χ3v) is 8.14. The van der Waals surface area contributed by atoms with Crippen molar-refractivity contribution in [2.24, 2.45) is 5.16 Å². The van der Waals surface area contributed by atoms with E-state index >= 15 is 0 Å². The van der Waals surface area contributed by atoms with Crippen molar-refractivity contribution >= 4 is 63.7 Å². The predicted molar refractivity (Wildman–Crippen MR) is 130 cm³/mol. The van der Waals surface area contributed by atoms with E-state index < -0.39 is 64.8 Å². The molecule has 1 aliphatic carbocycles. The number of nitrogen functional groups attached to an aromatic ring is 1. The number of ether oxygens (including phenoxy) is 1. The second-order valence-corrected chi connectivity index (χ2v) is 10.9. The maximum Gasteiger partial charge on any atom is 0.351 e. The van der Waals surface area contributed by atoms with E-state index in [1.165, 1.54) is 18.7 Å². The lowest BCUT2D eigenvalue weighted by molar-refractivity contribution is -0.187. The number of β-lactam (4-membered cyclic amide) rings is 1. The molecule has 1 aromatic heterocycles. The first kappa shape index (κ1) is 26.5. The molecule has 5 atom stereocenters. The average molecular weight is 553 g/mol. The van der Waals surface area contributed by atoms with E-state index in [-0.39, 0.29) is 22.8 Å². The van der Waals surface area contributed by atoms with Gasteiger partial charge < -0.3 is 30.6 Å². The van der Waals surface area contributed by atoms with Crippen LogP contribution in [0, 0.1) is 0 Å². The van der Waals surface area contributed by atoms with Gasteiger partial charge in [-0.15, -0.1) is 11.8 Å². The zero-order chi connectivity index (χ0) is 26.9. The van der Waals surface area contributed by atoms with Gasteiger partial charge >= 0.3 is 11.9 Å². The van der Waals surface area contributed by atoms with Crippen molar-refractivity contribution in [1.29, 1.82) is 0 Å². The number of allylic oxidation sites excluding steroid dienone is 1. The lowest BCUT2D eigenvalue weighted by Crippen LogP contribution is -2.77. The zero-order valence-corrected chi connectivity index (χ0v) is 21.4. The largest absolute Gasteiger partial charge is 0.478 e. The Hall–Kier alpha value is -3.53. The van der Waals surface area contributed by atoms with E-state index in [4.69, 9.17) is 15.3 Å². The molecule has 3 heterocycles. The van der Waals surface area contributed by atoms with Gasteiger partial charge in [-0.25, -0.2) is 4.79 Å². The number of ketones is 1. The lowest BCUT2D eigenvalue weighted by Gasteiger charge is -2.55. The van der Waals surface area contributed by atoms with Crippen LogP contribution in [0.2, 0.25) is 0 Å². The van der Waals surface area contributed by atoms with Crippen LogP contribution in [-0.2, 0) is 33.5 Å². The highest BCUT2D eigenvalue weighted by atomic mass is 32.2. The van der Waals surface area contributed by atoms with Gasteiger partial charge in [-0.05, 0) is 32.8 Å². The molecule has 1 aromatic rings. The van der Waals surface area contributed by atoms with Crippen molar-refractivity contribution < 1.29 is 38.7 Å². The highest BCUT2D eigenvalue weighted by Gasteiger charge is 2.62. The van der Waals surface area contributed by atoms with Crippen molar-refractivity contribution in [1.82, 2.24) is 19.6 Å². The third-order valence-electron chi connectivity index (χ3n) is 6.00. The Morgan fingerprint density at radius 1 is 1.38 bits per heavy atom. The number of carbonyl (C=O) groups is 5. The first-order chi connectivity index (χ1) is 17.5. The molecule has 2 saturated heterocycles. The molecule has 0 spiro atoms. The molecule has 0 aromatic carbocycles. The number of carboxylic acid groups (broad SMARTS) is 1. The van der Waals surface area contributed by atoms with E-state index in [0.29, 0.717) is 6.42 Å². The fourth-order valence-corrected chi connectivity index (χ4v) is 6.02. The molecular formula is C21H24N6O8S2. The fourth-order valence-electron chi connectivity index (χ4n) is 4.06. The summed E-state index contributed by atoms with van der Waals surface area (Å²) in [4.78, 5) is 72.2. The number of Topliss-reactive ketones (excluding diaryl/α,β-unsaturated/α-hetero) is 1. The van der Waals surface area contributed by atoms with Crippen LogP contribution in [0.4, 0.5) is 5.13 Å². The average Bonchev–Trinajstić information content (AvgIpc) is 3.50. The molecule has 4 unspecified atom stereocenters. The van der Waals surface area contributed by atoms with E-state index in [1.807, 2.05) is 12.2 Å². The number of hydrogen-bond donors (Lipinski definition) is 3. The third kappa shape index (κ3) is 5.29. The van der Waals surface area contributed by atoms with Crippen molar-refractivity contribution in [2.75, 3.05) is 12.3 Å². The van der Waals surface area contributed by atoms with Gasteiger partial charge in [-0.1, -0.05) is 11.2 Å². The van der Waals surface area contributed by atoms with E-state index in [0.717, 1.165) is 29.7 Å². The van der Waals surface area contributed by atoms with Gasteiger partial charge in [0.1, 0.15) is 29.7 Å². The highest BCUT2D eigenvalue weighted by Crippen LogP contribution is 2.44. The maximum atomic E-state index is 13.1. The van der Waals surface area contributed by atoms with Gasteiger partial charge in [0.2, 0.25) is 23.0 Å². The summed E-state index contributed by atoms with van der Waals surface area (Å²) in [6, 6.07) is -1.01. The summed E-state index contributed by atoms with van der Waals surface area (Å²) in [6.07, 6.45) is 4.35. The number of fused-ring (bicyclic) bond motifs is 1. The minimum absolute atomic E-state index is 0.0578. The Morgan fingerprint density at radius 3 is 2.73 bits per heavy atom. The molecule has 0 bridgehead atoms. The van der Waals surface area contributed by atoms with Crippen molar-refractivity contribution in [3.05, 3.63) is 18.0 Å². The van der Waals surface area contributed by atoms with Crippen LogP contribution in [0.15, 0.2) is 17.3 Å². The van der Waals surface area contributed by atoms with Crippen molar-refractivity contribution in [3.8, 4) is 0 Å². The Morgan fingerprint density at radius 2 is 2.14 bits per heavy atom. The number of oxime groups is 1. The Balaban J connectivity index is 1.48. The summed E-state index contributed by atoms with van der Waals surface area (Å²) in [7, 11) is 0. The molecule has 198 valence electrons. The smallest absolute Gasteiger partial charge is 0.351 e. The van der Waals surface area contributed by atoms with Crippen LogP contribution < -0.4 is 11.1 Å². The number of nitrogens with two attached hydrogens (primary N) is 1. The predicted octanol–water partition coefficient (Wildman–Crippen LogP) is -0.306. The Kier molecular flexibility index (Phi) is 7.49. The number of esters is 1. The SMILES string of the molecule is CC(=O)CC(=O)OC1(C(=O)O)CN2C(=O)C(NC(=O)C(=NOC3C=CCC3)c3nsc(N)n3)[C@H]2SC1C. The number of hydrogen-bond acceptors (Lipinski definition) is 13.